The standard InChI is InChI=1S/C22H43N5S/c1-20(2)18-27(19-21(3)4)11-6-10-26-14-12-25(13-15-26)9-5-7-23-17-22-24-8-16-28-22/h8,16,20-21,23H,5-7,9-15,17-19H2,1-4H3. The first-order valence-electron chi connectivity index (χ1n) is 11.3. The lowest BCUT2D eigenvalue weighted by Gasteiger charge is -2.35. The van der Waals surface area contributed by atoms with E-state index in [2.05, 4.69) is 52.7 Å². The average Bonchev–Trinajstić information content (AvgIpc) is 3.15. The van der Waals surface area contributed by atoms with Crippen LogP contribution in [0.5, 0.6) is 0 Å². The van der Waals surface area contributed by atoms with Gasteiger partial charge in [0.05, 0.1) is 0 Å². The van der Waals surface area contributed by atoms with Gasteiger partial charge in [0.25, 0.3) is 0 Å². The number of thiazole rings is 1. The average molecular weight is 410 g/mol. The van der Waals surface area contributed by atoms with Crippen LogP contribution in [0.3, 0.4) is 0 Å². The summed E-state index contributed by atoms with van der Waals surface area (Å²) in [5, 5.41) is 6.74. The van der Waals surface area contributed by atoms with E-state index in [-0.39, 0.29) is 0 Å². The predicted octanol–water partition coefficient (Wildman–Crippen LogP) is 3.24. The van der Waals surface area contributed by atoms with Gasteiger partial charge in [-0.15, -0.1) is 11.3 Å². The zero-order chi connectivity index (χ0) is 20.2. The maximum absolute atomic E-state index is 4.31. The van der Waals surface area contributed by atoms with E-state index in [1.165, 1.54) is 76.8 Å². The Labute approximate surface area is 177 Å². The van der Waals surface area contributed by atoms with E-state index in [1.54, 1.807) is 11.3 Å². The van der Waals surface area contributed by atoms with Crippen LogP contribution < -0.4 is 5.32 Å². The summed E-state index contributed by atoms with van der Waals surface area (Å²) in [5.41, 5.74) is 0. The monoisotopic (exact) mass is 409 g/mol. The molecule has 2 rings (SSSR count). The van der Waals surface area contributed by atoms with Crippen molar-refractivity contribution in [3.8, 4) is 0 Å². The van der Waals surface area contributed by atoms with Gasteiger partial charge in [0, 0.05) is 57.4 Å². The van der Waals surface area contributed by atoms with Gasteiger partial charge in [-0.1, -0.05) is 27.7 Å². The van der Waals surface area contributed by atoms with Gasteiger partial charge >= 0.3 is 0 Å². The second-order valence-electron chi connectivity index (χ2n) is 9.04. The van der Waals surface area contributed by atoms with Gasteiger partial charge in [-0.2, -0.15) is 0 Å². The number of piperazine rings is 1. The molecule has 0 amide bonds. The summed E-state index contributed by atoms with van der Waals surface area (Å²) in [7, 11) is 0. The van der Waals surface area contributed by atoms with E-state index in [1.807, 2.05) is 11.6 Å². The Morgan fingerprint density at radius 3 is 2.14 bits per heavy atom. The first-order chi connectivity index (χ1) is 13.5. The molecule has 0 unspecified atom stereocenters. The van der Waals surface area contributed by atoms with Gasteiger partial charge in [0.1, 0.15) is 5.01 Å². The Hall–Kier alpha value is -0.530. The molecule has 0 saturated carbocycles. The third-order valence-corrected chi connectivity index (χ3v) is 6.03. The number of hydrogen-bond donors (Lipinski definition) is 1. The maximum atomic E-state index is 4.31. The van der Waals surface area contributed by atoms with Gasteiger partial charge in [-0.05, 0) is 50.9 Å². The Kier molecular flexibility index (Phi) is 11.6. The Morgan fingerprint density at radius 2 is 1.61 bits per heavy atom. The molecule has 0 radical (unpaired) electrons. The van der Waals surface area contributed by atoms with Crippen LogP contribution in [0.4, 0.5) is 0 Å². The minimum absolute atomic E-state index is 0.762. The van der Waals surface area contributed by atoms with Gasteiger partial charge in [0.2, 0.25) is 0 Å². The van der Waals surface area contributed by atoms with Crippen molar-refractivity contribution in [2.75, 3.05) is 65.4 Å². The minimum Gasteiger partial charge on any atom is -0.310 e. The van der Waals surface area contributed by atoms with Crippen LogP contribution >= 0.6 is 11.3 Å². The maximum Gasteiger partial charge on any atom is 0.106 e. The van der Waals surface area contributed by atoms with Gasteiger partial charge in [-0.3, -0.25) is 0 Å². The van der Waals surface area contributed by atoms with Gasteiger partial charge < -0.3 is 20.0 Å². The molecule has 2 heterocycles. The molecule has 162 valence electrons. The third-order valence-electron chi connectivity index (χ3n) is 5.25. The summed E-state index contributed by atoms with van der Waals surface area (Å²) in [6.07, 6.45) is 4.41. The molecule has 28 heavy (non-hydrogen) atoms. The molecule has 0 bridgehead atoms. The molecule has 1 saturated heterocycles. The second kappa shape index (κ2) is 13.6. The fourth-order valence-corrected chi connectivity index (χ4v) is 4.59. The molecule has 0 aliphatic carbocycles. The van der Waals surface area contributed by atoms with Crippen molar-refractivity contribution in [3.05, 3.63) is 16.6 Å². The van der Waals surface area contributed by atoms with Crippen LogP contribution in [-0.4, -0.2) is 85.1 Å². The van der Waals surface area contributed by atoms with Crippen molar-refractivity contribution in [1.82, 2.24) is 25.0 Å². The van der Waals surface area contributed by atoms with Crippen LogP contribution in [0.1, 0.15) is 45.5 Å². The lowest BCUT2D eigenvalue weighted by molar-refractivity contribution is 0.123. The Morgan fingerprint density at radius 1 is 1.00 bits per heavy atom. The highest BCUT2D eigenvalue weighted by molar-refractivity contribution is 7.09. The van der Waals surface area contributed by atoms with Crippen LogP contribution in [-0.2, 0) is 6.54 Å². The van der Waals surface area contributed by atoms with Crippen molar-refractivity contribution >= 4 is 11.3 Å². The number of rotatable bonds is 14. The molecule has 5 nitrogen and oxygen atoms in total. The normalized spacial score (nSPS) is 16.7. The van der Waals surface area contributed by atoms with Crippen LogP contribution in [0, 0.1) is 11.8 Å². The van der Waals surface area contributed by atoms with Crippen molar-refractivity contribution in [2.45, 2.75) is 47.1 Å². The molecule has 6 heteroatoms. The summed E-state index contributed by atoms with van der Waals surface area (Å²) < 4.78 is 0. The summed E-state index contributed by atoms with van der Waals surface area (Å²) in [6.45, 7) is 22.5. The molecule has 0 spiro atoms. The van der Waals surface area contributed by atoms with Crippen molar-refractivity contribution in [1.29, 1.82) is 0 Å². The van der Waals surface area contributed by atoms with Crippen LogP contribution in [0.2, 0.25) is 0 Å². The minimum atomic E-state index is 0.762. The third kappa shape index (κ3) is 10.3. The zero-order valence-corrected chi connectivity index (χ0v) is 19.5. The first-order valence-corrected chi connectivity index (χ1v) is 12.2. The van der Waals surface area contributed by atoms with Gasteiger partial charge in [-0.25, -0.2) is 4.98 Å². The smallest absolute Gasteiger partial charge is 0.106 e. The predicted molar refractivity (Wildman–Crippen MR) is 122 cm³/mol. The van der Waals surface area contributed by atoms with Crippen molar-refractivity contribution < 1.29 is 0 Å². The molecule has 0 aromatic carbocycles. The van der Waals surface area contributed by atoms with Crippen LogP contribution in [0.15, 0.2) is 11.6 Å². The van der Waals surface area contributed by atoms with E-state index >= 15 is 0 Å². The van der Waals surface area contributed by atoms with Crippen molar-refractivity contribution in [2.24, 2.45) is 11.8 Å². The SMILES string of the molecule is CC(C)CN(CCCN1CCN(CCCNCc2nccs2)CC1)CC(C)C. The zero-order valence-electron chi connectivity index (χ0n) is 18.7. The quantitative estimate of drug-likeness (QED) is 0.477. The van der Waals surface area contributed by atoms with Gasteiger partial charge in [0.15, 0.2) is 0 Å². The van der Waals surface area contributed by atoms with E-state index in [0.717, 1.165) is 24.9 Å². The molecule has 1 aromatic rings. The fourth-order valence-electron chi connectivity index (χ4n) is 4.01. The Bertz CT molecular complexity index is 473. The lowest BCUT2D eigenvalue weighted by Crippen LogP contribution is -2.47. The van der Waals surface area contributed by atoms with Crippen molar-refractivity contribution in [3.63, 3.8) is 0 Å². The molecular weight excluding hydrogens is 366 g/mol. The highest BCUT2D eigenvalue weighted by Gasteiger charge is 2.16. The summed E-state index contributed by atoms with van der Waals surface area (Å²) >= 11 is 1.73. The first kappa shape index (κ1) is 23.7. The Balaban J connectivity index is 1.50. The van der Waals surface area contributed by atoms with E-state index in [4.69, 9.17) is 0 Å². The summed E-state index contributed by atoms with van der Waals surface area (Å²) in [4.78, 5) is 12.3. The lowest BCUT2D eigenvalue weighted by atomic mass is 10.1. The second-order valence-corrected chi connectivity index (χ2v) is 10.0. The summed E-state index contributed by atoms with van der Waals surface area (Å²) in [6, 6.07) is 0. The van der Waals surface area contributed by atoms with E-state index in [0.29, 0.717) is 0 Å². The number of nitrogens with zero attached hydrogens (tertiary/aromatic N) is 4. The molecule has 1 aliphatic rings. The molecule has 0 atom stereocenters. The molecular formula is C22H43N5S. The number of hydrogen-bond acceptors (Lipinski definition) is 6. The highest BCUT2D eigenvalue weighted by Crippen LogP contribution is 2.07. The number of nitrogens with one attached hydrogen (secondary N) is 1. The fraction of sp³-hybridized carbons (Fsp3) is 0.864. The summed E-state index contributed by atoms with van der Waals surface area (Å²) in [5.74, 6) is 1.52. The molecule has 1 N–H and O–H groups in total. The molecule has 1 aliphatic heterocycles. The topological polar surface area (TPSA) is 34.6 Å². The van der Waals surface area contributed by atoms with E-state index in [9.17, 15) is 0 Å². The molecule has 1 fully saturated rings. The van der Waals surface area contributed by atoms with E-state index < -0.39 is 0 Å². The highest BCUT2D eigenvalue weighted by atomic mass is 32.1. The van der Waals surface area contributed by atoms with Crippen LogP contribution in [0.25, 0.3) is 0 Å². The molecule has 1 aromatic heterocycles. The largest absolute Gasteiger partial charge is 0.310 e. The number of aromatic nitrogens is 1.